The fourth-order valence-corrected chi connectivity index (χ4v) is 2.10. The van der Waals surface area contributed by atoms with Crippen molar-refractivity contribution in [3.05, 3.63) is 23.7 Å². The third-order valence-corrected chi connectivity index (χ3v) is 3.09. The molecule has 100 valence electrons. The smallest absolute Gasteiger partial charge is 0.373 e. The second kappa shape index (κ2) is 6.02. The third-order valence-electron chi connectivity index (χ3n) is 3.09. The monoisotopic (exact) mass is 253 g/mol. The van der Waals surface area contributed by atoms with E-state index in [1.807, 2.05) is 6.92 Å². The lowest BCUT2D eigenvalue weighted by Gasteiger charge is -2.25. The number of esters is 1. The van der Waals surface area contributed by atoms with Crippen molar-refractivity contribution in [2.24, 2.45) is 0 Å². The van der Waals surface area contributed by atoms with Crippen molar-refractivity contribution in [2.45, 2.75) is 31.8 Å². The Bertz CT molecular complexity index is 395. The SMILES string of the molecule is COC(=O)c1ccc(C(C)NC2CCCOC2)o1. The number of hydrogen-bond donors (Lipinski definition) is 1. The first-order valence-electron chi connectivity index (χ1n) is 6.22. The Labute approximate surface area is 106 Å². The fourth-order valence-electron chi connectivity index (χ4n) is 2.10. The van der Waals surface area contributed by atoms with Crippen molar-refractivity contribution < 1.29 is 18.7 Å². The largest absolute Gasteiger partial charge is 0.463 e. The maximum atomic E-state index is 11.3. The molecule has 2 unspecified atom stereocenters. The van der Waals surface area contributed by atoms with Crippen LogP contribution >= 0.6 is 0 Å². The van der Waals surface area contributed by atoms with Crippen molar-refractivity contribution in [2.75, 3.05) is 20.3 Å². The van der Waals surface area contributed by atoms with Gasteiger partial charge >= 0.3 is 5.97 Å². The molecular formula is C13H19NO4. The van der Waals surface area contributed by atoms with Crippen molar-refractivity contribution in [3.8, 4) is 0 Å². The van der Waals surface area contributed by atoms with Crippen LogP contribution in [0.2, 0.25) is 0 Å². The van der Waals surface area contributed by atoms with Crippen LogP contribution in [0.4, 0.5) is 0 Å². The van der Waals surface area contributed by atoms with Crippen LogP contribution in [0.3, 0.4) is 0 Å². The third kappa shape index (κ3) is 3.11. The summed E-state index contributed by atoms with van der Waals surface area (Å²) < 4.78 is 15.5. The summed E-state index contributed by atoms with van der Waals surface area (Å²) in [6.45, 7) is 3.59. The molecule has 2 rings (SSSR count). The molecule has 5 heteroatoms. The Morgan fingerprint density at radius 2 is 2.39 bits per heavy atom. The highest BCUT2D eigenvalue weighted by molar-refractivity contribution is 5.86. The van der Waals surface area contributed by atoms with E-state index in [2.05, 4.69) is 10.1 Å². The summed E-state index contributed by atoms with van der Waals surface area (Å²) >= 11 is 0. The Morgan fingerprint density at radius 1 is 1.56 bits per heavy atom. The first-order chi connectivity index (χ1) is 8.70. The molecule has 1 saturated heterocycles. The molecule has 1 fully saturated rings. The van der Waals surface area contributed by atoms with Gasteiger partial charge in [-0.2, -0.15) is 0 Å². The molecule has 0 bridgehead atoms. The predicted octanol–water partition coefficient (Wildman–Crippen LogP) is 1.90. The quantitative estimate of drug-likeness (QED) is 0.830. The summed E-state index contributed by atoms with van der Waals surface area (Å²) in [6.07, 6.45) is 2.19. The molecule has 2 heterocycles. The molecule has 0 aromatic carbocycles. The van der Waals surface area contributed by atoms with Crippen LogP contribution < -0.4 is 5.32 Å². The Balaban J connectivity index is 1.93. The Hall–Kier alpha value is -1.33. The molecule has 2 atom stereocenters. The molecule has 5 nitrogen and oxygen atoms in total. The summed E-state index contributed by atoms with van der Waals surface area (Å²) in [7, 11) is 1.34. The van der Waals surface area contributed by atoms with E-state index in [4.69, 9.17) is 9.15 Å². The lowest BCUT2D eigenvalue weighted by Crippen LogP contribution is -2.38. The normalized spacial score (nSPS) is 21.6. The molecular weight excluding hydrogens is 234 g/mol. The number of rotatable bonds is 4. The minimum absolute atomic E-state index is 0.0510. The highest BCUT2D eigenvalue weighted by Crippen LogP contribution is 2.19. The highest BCUT2D eigenvalue weighted by Gasteiger charge is 2.20. The van der Waals surface area contributed by atoms with Crippen molar-refractivity contribution in [1.82, 2.24) is 5.32 Å². The number of carbonyl (C=O) groups is 1. The van der Waals surface area contributed by atoms with Crippen molar-refractivity contribution >= 4 is 5.97 Å². The van der Waals surface area contributed by atoms with Gasteiger partial charge in [-0.1, -0.05) is 0 Å². The first-order valence-corrected chi connectivity index (χ1v) is 6.22. The van der Waals surface area contributed by atoms with E-state index in [9.17, 15) is 4.79 Å². The maximum Gasteiger partial charge on any atom is 0.373 e. The second-order valence-corrected chi connectivity index (χ2v) is 4.50. The number of furan rings is 1. The van der Waals surface area contributed by atoms with Gasteiger partial charge in [0.2, 0.25) is 5.76 Å². The van der Waals surface area contributed by atoms with E-state index in [1.165, 1.54) is 7.11 Å². The highest BCUT2D eigenvalue weighted by atomic mass is 16.5. The number of hydrogen-bond acceptors (Lipinski definition) is 5. The number of ether oxygens (including phenoxy) is 2. The average molecular weight is 253 g/mol. The summed E-state index contributed by atoms with van der Waals surface area (Å²) in [6, 6.07) is 3.83. The van der Waals surface area contributed by atoms with Gasteiger partial charge in [-0.3, -0.25) is 0 Å². The van der Waals surface area contributed by atoms with Gasteiger partial charge in [-0.15, -0.1) is 0 Å². The Morgan fingerprint density at radius 3 is 3.06 bits per heavy atom. The van der Waals surface area contributed by atoms with Crippen LogP contribution in [-0.2, 0) is 9.47 Å². The lowest BCUT2D eigenvalue weighted by atomic mass is 10.1. The molecule has 1 aliphatic rings. The number of carbonyl (C=O) groups excluding carboxylic acids is 1. The molecule has 1 aromatic rings. The predicted molar refractivity (Wildman–Crippen MR) is 65.4 cm³/mol. The van der Waals surface area contributed by atoms with Gasteiger partial charge in [-0.25, -0.2) is 4.79 Å². The van der Waals surface area contributed by atoms with Crippen LogP contribution in [0.1, 0.15) is 42.1 Å². The van der Waals surface area contributed by atoms with E-state index >= 15 is 0 Å². The van der Waals surface area contributed by atoms with E-state index < -0.39 is 5.97 Å². The van der Waals surface area contributed by atoms with Crippen LogP contribution in [0.15, 0.2) is 16.5 Å². The summed E-state index contributed by atoms with van der Waals surface area (Å²) in [5.74, 6) is 0.525. The molecule has 0 amide bonds. The topological polar surface area (TPSA) is 60.7 Å². The zero-order chi connectivity index (χ0) is 13.0. The summed E-state index contributed by atoms with van der Waals surface area (Å²) in [5, 5.41) is 3.43. The van der Waals surface area contributed by atoms with Gasteiger partial charge in [0.15, 0.2) is 0 Å². The number of methoxy groups -OCH3 is 1. The molecule has 1 aliphatic heterocycles. The van der Waals surface area contributed by atoms with Crippen LogP contribution in [0, 0.1) is 0 Å². The average Bonchev–Trinajstić information content (AvgIpc) is 2.88. The standard InChI is InChI=1S/C13H19NO4/c1-9(14-10-4-3-7-17-8-10)11-5-6-12(18-11)13(15)16-2/h5-6,9-10,14H,3-4,7-8H2,1-2H3. The van der Waals surface area contributed by atoms with Crippen LogP contribution in [0.5, 0.6) is 0 Å². The molecule has 0 aliphatic carbocycles. The van der Waals surface area contributed by atoms with E-state index in [0.717, 1.165) is 31.8 Å². The minimum atomic E-state index is -0.450. The van der Waals surface area contributed by atoms with Gasteiger partial charge in [0.05, 0.1) is 19.8 Å². The summed E-state index contributed by atoms with van der Waals surface area (Å²) in [4.78, 5) is 11.3. The minimum Gasteiger partial charge on any atom is -0.463 e. The second-order valence-electron chi connectivity index (χ2n) is 4.50. The van der Waals surface area contributed by atoms with Gasteiger partial charge in [0.25, 0.3) is 0 Å². The molecule has 0 spiro atoms. The number of nitrogens with one attached hydrogen (secondary N) is 1. The van der Waals surface area contributed by atoms with Gasteiger partial charge in [-0.05, 0) is 31.9 Å². The lowest BCUT2D eigenvalue weighted by molar-refractivity contribution is 0.0557. The molecule has 1 aromatic heterocycles. The van der Waals surface area contributed by atoms with Gasteiger partial charge < -0.3 is 19.2 Å². The van der Waals surface area contributed by atoms with Gasteiger partial charge in [0, 0.05) is 12.6 Å². The Kier molecular flexibility index (Phi) is 4.38. The van der Waals surface area contributed by atoms with Crippen molar-refractivity contribution in [3.63, 3.8) is 0 Å². The summed E-state index contributed by atoms with van der Waals surface area (Å²) in [5.41, 5.74) is 0. The van der Waals surface area contributed by atoms with Crippen LogP contribution in [-0.4, -0.2) is 32.3 Å². The van der Waals surface area contributed by atoms with Crippen molar-refractivity contribution in [1.29, 1.82) is 0 Å². The zero-order valence-electron chi connectivity index (χ0n) is 10.8. The fraction of sp³-hybridized carbons (Fsp3) is 0.615. The zero-order valence-corrected chi connectivity index (χ0v) is 10.8. The molecule has 18 heavy (non-hydrogen) atoms. The van der Waals surface area contributed by atoms with E-state index in [-0.39, 0.29) is 11.8 Å². The van der Waals surface area contributed by atoms with E-state index in [1.54, 1.807) is 12.1 Å². The van der Waals surface area contributed by atoms with Crippen LogP contribution in [0.25, 0.3) is 0 Å². The van der Waals surface area contributed by atoms with E-state index in [0.29, 0.717) is 6.04 Å². The molecule has 0 saturated carbocycles. The first kappa shape index (κ1) is 13.1. The van der Waals surface area contributed by atoms with Gasteiger partial charge in [0.1, 0.15) is 5.76 Å². The maximum absolute atomic E-state index is 11.3. The molecule has 1 N–H and O–H groups in total. The molecule has 0 radical (unpaired) electrons.